The van der Waals surface area contributed by atoms with Gasteiger partial charge in [-0.1, -0.05) is 5.21 Å². The lowest BCUT2D eigenvalue weighted by Gasteiger charge is -1.97. The van der Waals surface area contributed by atoms with Crippen molar-refractivity contribution in [3.8, 4) is 17.1 Å². The van der Waals surface area contributed by atoms with Crippen molar-refractivity contribution in [2.24, 2.45) is 0 Å². The predicted octanol–water partition coefficient (Wildman–Crippen LogP) is 2.38. The highest BCUT2D eigenvalue weighted by Crippen LogP contribution is 2.18. The number of hydrogen-bond donors (Lipinski definition) is 0. The fraction of sp³-hybridized carbons (Fsp3) is 0. The van der Waals surface area contributed by atoms with Crippen LogP contribution < -0.4 is 0 Å². The number of aromatic nitrogens is 4. The standard InChI is InChI=1S/C13H8FN5O2/c14-10-3-1-9(2-4-10)12-8-18(17-16-12)13-6-5-11(7-15-13)19(20)21/h1-8H. The molecule has 21 heavy (non-hydrogen) atoms. The number of hydrogen-bond acceptors (Lipinski definition) is 5. The first-order valence-electron chi connectivity index (χ1n) is 5.92. The molecule has 0 fully saturated rings. The van der Waals surface area contributed by atoms with Gasteiger partial charge in [0.15, 0.2) is 5.82 Å². The van der Waals surface area contributed by atoms with Crippen LogP contribution in [0.1, 0.15) is 0 Å². The van der Waals surface area contributed by atoms with Crippen molar-refractivity contribution in [2.75, 3.05) is 0 Å². The Balaban J connectivity index is 1.90. The number of pyridine rings is 1. The normalized spacial score (nSPS) is 10.5. The number of halogens is 1. The molecule has 0 amide bonds. The average molecular weight is 285 g/mol. The SMILES string of the molecule is O=[N+]([O-])c1ccc(-n2cc(-c3ccc(F)cc3)nn2)nc1. The maximum absolute atomic E-state index is 12.9. The van der Waals surface area contributed by atoms with Crippen molar-refractivity contribution in [1.82, 2.24) is 20.0 Å². The number of nitrogens with zero attached hydrogens (tertiary/aromatic N) is 5. The van der Waals surface area contributed by atoms with E-state index in [-0.39, 0.29) is 11.5 Å². The Kier molecular flexibility index (Phi) is 3.11. The van der Waals surface area contributed by atoms with E-state index in [0.717, 1.165) is 6.20 Å². The zero-order chi connectivity index (χ0) is 14.8. The van der Waals surface area contributed by atoms with E-state index < -0.39 is 4.92 Å². The third-order valence-corrected chi connectivity index (χ3v) is 2.81. The first-order valence-corrected chi connectivity index (χ1v) is 5.92. The predicted molar refractivity (Wildman–Crippen MR) is 71.2 cm³/mol. The van der Waals surface area contributed by atoms with Gasteiger partial charge < -0.3 is 0 Å². The minimum atomic E-state index is -0.526. The summed E-state index contributed by atoms with van der Waals surface area (Å²) in [7, 11) is 0. The average Bonchev–Trinajstić information content (AvgIpc) is 2.98. The summed E-state index contributed by atoms with van der Waals surface area (Å²) in [6.07, 6.45) is 2.76. The molecule has 0 aliphatic rings. The maximum Gasteiger partial charge on any atom is 0.287 e. The Labute approximate surface area is 117 Å². The van der Waals surface area contributed by atoms with E-state index in [1.165, 1.54) is 28.9 Å². The Bertz CT molecular complexity index is 783. The van der Waals surface area contributed by atoms with Crippen LogP contribution in [0.25, 0.3) is 17.1 Å². The molecule has 0 unspecified atom stereocenters. The number of benzene rings is 1. The Hall–Kier alpha value is -3.16. The molecule has 0 saturated heterocycles. The third-order valence-electron chi connectivity index (χ3n) is 2.81. The van der Waals surface area contributed by atoms with Gasteiger partial charge in [0.2, 0.25) is 0 Å². The van der Waals surface area contributed by atoms with Gasteiger partial charge in [0.25, 0.3) is 5.69 Å². The van der Waals surface area contributed by atoms with Crippen molar-refractivity contribution in [2.45, 2.75) is 0 Å². The van der Waals surface area contributed by atoms with E-state index in [1.54, 1.807) is 18.3 Å². The molecule has 2 aromatic heterocycles. The van der Waals surface area contributed by atoms with Crippen molar-refractivity contribution >= 4 is 5.69 Å². The second kappa shape index (κ2) is 5.08. The van der Waals surface area contributed by atoms with E-state index in [0.29, 0.717) is 17.1 Å². The zero-order valence-electron chi connectivity index (χ0n) is 10.5. The molecule has 0 spiro atoms. The molecule has 0 bridgehead atoms. The molecule has 0 aliphatic heterocycles. The topological polar surface area (TPSA) is 86.7 Å². The molecule has 104 valence electrons. The monoisotopic (exact) mass is 285 g/mol. The number of rotatable bonds is 3. The van der Waals surface area contributed by atoms with Crippen LogP contribution in [0, 0.1) is 15.9 Å². The second-order valence-corrected chi connectivity index (χ2v) is 4.19. The first kappa shape index (κ1) is 12.9. The highest BCUT2D eigenvalue weighted by Gasteiger charge is 2.09. The lowest BCUT2D eigenvalue weighted by atomic mass is 10.2. The van der Waals surface area contributed by atoms with Gasteiger partial charge in [0, 0.05) is 11.6 Å². The summed E-state index contributed by atoms with van der Waals surface area (Å²) in [4.78, 5) is 14.0. The quantitative estimate of drug-likeness (QED) is 0.544. The van der Waals surface area contributed by atoms with Gasteiger partial charge in [0.1, 0.15) is 17.7 Å². The van der Waals surface area contributed by atoms with Gasteiger partial charge >= 0.3 is 0 Å². The summed E-state index contributed by atoms with van der Waals surface area (Å²) in [6, 6.07) is 8.65. The van der Waals surface area contributed by atoms with Gasteiger partial charge in [-0.15, -0.1) is 5.10 Å². The zero-order valence-corrected chi connectivity index (χ0v) is 10.5. The van der Waals surface area contributed by atoms with Crippen LogP contribution in [0.4, 0.5) is 10.1 Å². The smallest absolute Gasteiger partial charge is 0.258 e. The van der Waals surface area contributed by atoms with Crippen LogP contribution in [0.5, 0.6) is 0 Å². The molecular weight excluding hydrogens is 277 g/mol. The fourth-order valence-electron chi connectivity index (χ4n) is 1.75. The van der Waals surface area contributed by atoms with Crippen LogP contribution in [0.15, 0.2) is 48.8 Å². The minimum absolute atomic E-state index is 0.0994. The molecule has 2 heterocycles. The molecule has 3 aromatic rings. The van der Waals surface area contributed by atoms with Crippen molar-refractivity contribution in [3.05, 3.63) is 64.7 Å². The first-order chi connectivity index (χ1) is 10.1. The summed E-state index contributed by atoms with van der Waals surface area (Å²) in [5, 5.41) is 18.4. The van der Waals surface area contributed by atoms with Crippen LogP contribution in [0.2, 0.25) is 0 Å². The summed E-state index contributed by atoms with van der Waals surface area (Å²) < 4.78 is 14.3. The molecule has 0 saturated carbocycles. The van der Waals surface area contributed by atoms with Crippen molar-refractivity contribution in [3.63, 3.8) is 0 Å². The van der Waals surface area contributed by atoms with Crippen LogP contribution in [-0.4, -0.2) is 24.9 Å². The van der Waals surface area contributed by atoms with Gasteiger partial charge in [-0.25, -0.2) is 14.1 Å². The summed E-state index contributed by atoms with van der Waals surface area (Å²) in [5.41, 5.74) is 1.16. The maximum atomic E-state index is 12.9. The lowest BCUT2D eigenvalue weighted by Crippen LogP contribution is -1.98. The molecule has 8 heteroatoms. The lowest BCUT2D eigenvalue weighted by molar-refractivity contribution is -0.385. The van der Waals surface area contributed by atoms with Gasteiger partial charge in [0.05, 0.1) is 11.1 Å². The Morgan fingerprint density at radius 3 is 2.52 bits per heavy atom. The molecular formula is C13H8FN5O2. The van der Waals surface area contributed by atoms with Crippen LogP contribution in [0.3, 0.4) is 0 Å². The molecule has 0 aliphatic carbocycles. The molecule has 1 aromatic carbocycles. The molecule has 0 radical (unpaired) electrons. The number of nitro groups is 1. The summed E-state index contributed by atoms with van der Waals surface area (Å²) >= 11 is 0. The summed E-state index contributed by atoms with van der Waals surface area (Å²) in [6.45, 7) is 0. The second-order valence-electron chi connectivity index (χ2n) is 4.19. The van der Waals surface area contributed by atoms with Gasteiger partial charge in [-0.3, -0.25) is 10.1 Å². The van der Waals surface area contributed by atoms with E-state index in [4.69, 9.17) is 0 Å². The van der Waals surface area contributed by atoms with Crippen molar-refractivity contribution in [1.29, 1.82) is 0 Å². The Morgan fingerprint density at radius 1 is 1.14 bits per heavy atom. The van der Waals surface area contributed by atoms with Gasteiger partial charge in [-0.05, 0) is 30.3 Å². The molecule has 7 nitrogen and oxygen atoms in total. The Morgan fingerprint density at radius 2 is 1.90 bits per heavy atom. The fourth-order valence-corrected chi connectivity index (χ4v) is 1.75. The van der Waals surface area contributed by atoms with E-state index in [1.807, 2.05) is 0 Å². The highest BCUT2D eigenvalue weighted by atomic mass is 19.1. The largest absolute Gasteiger partial charge is 0.287 e. The summed E-state index contributed by atoms with van der Waals surface area (Å²) in [5.74, 6) is 0.0737. The van der Waals surface area contributed by atoms with Crippen molar-refractivity contribution < 1.29 is 9.31 Å². The van der Waals surface area contributed by atoms with E-state index >= 15 is 0 Å². The molecule has 0 N–H and O–H groups in total. The highest BCUT2D eigenvalue weighted by molar-refractivity contribution is 5.57. The van der Waals surface area contributed by atoms with Crippen LogP contribution >= 0.6 is 0 Å². The van der Waals surface area contributed by atoms with E-state index in [2.05, 4.69) is 15.3 Å². The third kappa shape index (κ3) is 2.59. The van der Waals surface area contributed by atoms with Gasteiger partial charge in [-0.2, -0.15) is 0 Å². The van der Waals surface area contributed by atoms with E-state index in [9.17, 15) is 14.5 Å². The molecule has 0 atom stereocenters. The molecule has 3 rings (SSSR count). The van der Waals surface area contributed by atoms with Crippen LogP contribution in [-0.2, 0) is 0 Å². The minimum Gasteiger partial charge on any atom is -0.258 e.